The fraction of sp³-hybridized carbons (Fsp3) is 1.00. The molecule has 0 aromatic heterocycles. The molecule has 0 aromatic carbocycles. The Morgan fingerprint density at radius 3 is 2.71 bits per heavy atom. The fourth-order valence-corrected chi connectivity index (χ4v) is 0.463. The monoisotopic (exact) mass is 115 g/mol. The van der Waals surface area contributed by atoms with E-state index in [1.54, 1.807) is 0 Å². The van der Waals surface area contributed by atoms with Crippen molar-refractivity contribution in [2.45, 2.75) is 19.4 Å². The minimum absolute atomic E-state index is 0.840. The summed E-state index contributed by atoms with van der Waals surface area (Å²) in [7, 11) is 3.34. The summed E-state index contributed by atoms with van der Waals surface area (Å²) in [5.41, 5.74) is 0. The molecule has 0 heterocycles. The Hall–Kier alpha value is 0.177. The van der Waals surface area contributed by atoms with Gasteiger partial charge in [-0.3, -0.25) is 0 Å². The van der Waals surface area contributed by atoms with Gasteiger partial charge in [-0.1, -0.05) is 6.04 Å². The SMILES string of the molecule is CCOCCC[Si]. The van der Waals surface area contributed by atoms with Crippen molar-refractivity contribution in [3.8, 4) is 0 Å². The highest BCUT2D eigenvalue weighted by atomic mass is 28.1. The Morgan fingerprint density at radius 1 is 1.57 bits per heavy atom. The summed E-state index contributed by atoms with van der Waals surface area (Å²) in [6, 6.07) is 1.04. The normalized spacial score (nSPS) is 9.43. The van der Waals surface area contributed by atoms with Crippen LogP contribution in [-0.4, -0.2) is 23.5 Å². The summed E-state index contributed by atoms with van der Waals surface area (Å²) in [4.78, 5) is 0. The van der Waals surface area contributed by atoms with E-state index in [9.17, 15) is 0 Å². The van der Waals surface area contributed by atoms with Crippen molar-refractivity contribution in [1.29, 1.82) is 0 Å². The number of hydrogen-bond acceptors (Lipinski definition) is 1. The van der Waals surface area contributed by atoms with Crippen LogP contribution in [0.15, 0.2) is 0 Å². The van der Waals surface area contributed by atoms with Crippen LogP contribution in [0.5, 0.6) is 0 Å². The van der Waals surface area contributed by atoms with Gasteiger partial charge in [0, 0.05) is 23.5 Å². The van der Waals surface area contributed by atoms with E-state index in [2.05, 4.69) is 10.2 Å². The summed E-state index contributed by atoms with van der Waals surface area (Å²) < 4.78 is 5.04. The summed E-state index contributed by atoms with van der Waals surface area (Å²) in [6.07, 6.45) is 1.12. The standard InChI is InChI=1S/C5H11OSi/c1-2-6-4-3-5-7/h2-5H2,1H3. The van der Waals surface area contributed by atoms with Crippen molar-refractivity contribution >= 4 is 10.2 Å². The van der Waals surface area contributed by atoms with Gasteiger partial charge in [-0.15, -0.1) is 0 Å². The van der Waals surface area contributed by atoms with Crippen molar-refractivity contribution in [3.63, 3.8) is 0 Å². The largest absolute Gasteiger partial charge is 0.382 e. The highest BCUT2D eigenvalue weighted by Gasteiger charge is 1.78. The summed E-state index contributed by atoms with van der Waals surface area (Å²) in [5.74, 6) is 0. The third-order valence-corrected chi connectivity index (χ3v) is 1.02. The lowest BCUT2D eigenvalue weighted by atomic mass is 10.5. The summed E-state index contributed by atoms with van der Waals surface area (Å²) >= 11 is 0. The molecule has 2 heteroatoms. The van der Waals surface area contributed by atoms with E-state index in [4.69, 9.17) is 4.74 Å². The van der Waals surface area contributed by atoms with Crippen LogP contribution in [0.1, 0.15) is 13.3 Å². The highest BCUT2D eigenvalue weighted by molar-refractivity contribution is 6.08. The van der Waals surface area contributed by atoms with Crippen LogP contribution in [0.2, 0.25) is 6.04 Å². The van der Waals surface area contributed by atoms with E-state index >= 15 is 0 Å². The lowest BCUT2D eigenvalue weighted by Crippen LogP contribution is -1.91. The highest BCUT2D eigenvalue weighted by Crippen LogP contribution is 1.83. The van der Waals surface area contributed by atoms with E-state index in [1.807, 2.05) is 6.92 Å². The second kappa shape index (κ2) is 6.18. The Labute approximate surface area is 48.5 Å². The minimum Gasteiger partial charge on any atom is -0.382 e. The van der Waals surface area contributed by atoms with E-state index < -0.39 is 0 Å². The van der Waals surface area contributed by atoms with E-state index in [0.717, 1.165) is 25.7 Å². The zero-order valence-corrected chi connectivity index (χ0v) is 5.74. The predicted molar refractivity (Wildman–Crippen MR) is 31.7 cm³/mol. The molecule has 7 heavy (non-hydrogen) atoms. The van der Waals surface area contributed by atoms with E-state index in [1.165, 1.54) is 0 Å². The van der Waals surface area contributed by atoms with Gasteiger partial charge < -0.3 is 4.74 Å². The van der Waals surface area contributed by atoms with Gasteiger partial charge in [0.15, 0.2) is 0 Å². The molecule has 0 aliphatic rings. The molecular formula is C5H11OSi. The Kier molecular flexibility index (Phi) is 6.33. The van der Waals surface area contributed by atoms with Gasteiger partial charge >= 0.3 is 0 Å². The first-order valence-electron chi connectivity index (χ1n) is 2.64. The second-order valence-corrected chi connectivity index (χ2v) is 1.80. The Morgan fingerprint density at radius 2 is 2.29 bits per heavy atom. The van der Waals surface area contributed by atoms with Gasteiger partial charge in [0.2, 0.25) is 0 Å². The maximum absolute atomic E-state index is 5.04. The molecule has 0 saturated carbocycles. The quantitative estimate of drug-likeness (QED) is 0.392. The van der Waals surface area contributed by atoms with Crippen LogP contribution < -0.4 is 0 Å². The molecule has 0 aliphatic heterocycles. The first kappa shape index (κ1) is 7.18. The van der Waals surface area contributed by atoms with E-state index in [0.29, 0.717) is 0 Å². The van der Waals surface area contributed by atoms with Gasteiger partial charge in [-0.25, -0.2) is 0 Å². The molecule has 0 N–H and O–H groups in total. The second-order valence-electron chi connectivity index (χ2n) is 1.30. The summed E-state index contributed by atoms with van der Waals surface area (Å²) in [6.45, 7) is 3.74. The molecular weight excluding hydrogens is 104 g/mol. The molecule has 0 spiro atoms. The minimum atomic E-state index is 0.840. The summed E-state index contributed by atoms with van der Waals surface area (Å²) in [5, 5.41) is 0. The molecule has 3 radical (unpaired) electrons. The third kappa shape index (κ3) is 6.18. The molecule has 0 saturated heterocycles. The molecule has 0 fully saturated rings. The average molecular weight is 115 g/mol. The molecule has 0 aliphatic carbocycles. The lowest BCUT2D eigenvalue weighted by Gasteiger charge is -1.94. The Balaban J connectivity index is 2.45. The molecule has 0 unspecified atom stereocenters. The van der Waals surface area contributed by atoms with Gasteiger partial charge in [0.25, 0.3) is 0 Å². The van der Waals surface area contributed by atoms with Crippen molar-refractivity contribution in [2.24, 2.45) is 0 Å². The molecule has 0 atom stereocenters. The number of ether oxygens (including phenoxy) is 1. The van der Waals surface area contributed by atoms with Gasteiger partial charge in [-0.2, -0.15) is 0 Å². The topological polar surface area (TPSA) is 9.23 Å². The molecule has 0 aromatic rings. The fourth-order valence-electron chi connectivity index (χ4n) is 0.319. The van der Waals surface area contributed by atoms with Crippen LogP contribution in [0.4, 0.5) is 0 Å². The van der Waals surface area contributed by atoms with Crippen LogP contribution >= 0.6 is 0 Å². The van der Waals surface area contributed by atoms with Gasteiger partial charge in [-0.05, 0) is 13.3 Å². The smallest absolute Gasteiger partial charge is 0.0462 e. The number of rotatable bonds is 4. The van der Waals surface area contributed by atoms with Crippen molar-refractivity contribution in [3.05, 3.63) is 0 Å². The molecule has 0 amide bonds. The van der Waals surface area contributed by atoms with Crippen molar-refractivity contribution in [2.75, 3.05) is 13.2 Å². The molecule has 0 bridgehead atoms. The van der Waals surface area contributed by atoms with Crippen LogP contribution in [0.25, 0.3) is 0 Å². The molecule has 41 valence electrons. The average Bonchev–Trinajstić information content (AvgIpc) is 1.69. The first-order valence-corrected chi connectivity index (χ1v) is 3.35. The van der Waals surface area contributed by atoms with Gasteiger partial charge in [0.1, 0.15) is 0 Å². The maximum atomic E-state index is 5.04. The Bertz CT molecular complexity index is 27.3. The third-order valence-electron chi connectivity index (χ3n) is 0.670. The predicted octanol–water partition coefficient (Wildman–Crippen LogP) is 1.000. The first-order chi connectivity index (χ1) is 3.41. The molecule has 0 rings (SSSR count). The maximum Gasteiger partial charge on any atom is 0.0462 e. The molecule has 1 nitrogen and oxygen atoms in total. The number of hydrogen-bond donors (Lipinski definition) is 0. The van der Waals surface area contributed by atoms with Crippen molar-refractivity contribution in [1.82, 2.24) is 0 Å². The zero-order chi connectivity index (χ0) is 5.54. The zero-order valence-electron chi connectivity index (χ0n) is 4.74. The van der Waals surface area contributed by atoms with Crippen LogP contribution in [-0.2, 0) is 4.74 Å². The van der Waals surface area contributed by atoms with Crippen LogP contribution in [0.3, 0.4) is 0 Å². The van der Waals surface area contributed by atoms with Crippen molar-refractivity contribution < 1.29 is 4.74 Å². The van der Waals surface area contributed by atoms with Gasteiger partial charge in [0.05, 0.1) is 0 Å². The lowest BCUT2D eigenvalue weighted by molar-refractivity contribution is 0.148. The van der Waals surface area contributed by atoms with Crippen LogP contribution in [0, 0.1) is 0 Å². The van der Waals surface area contributed by atoms with E-state index in [-0.39, 0.29) is 0 Å².